The molecule has 2 aromatic carbocycles. The summed E-state index contributed by atoms with van der Waals surface area (Å²) in [5.41, 5.74) is 2.45. The van der Waals surface area contributed by atoms with Gasteiger partial charge >= 0.3 is 0 Å². The van der Waals surface area contributed by atoms with Gasteiger partial charge in [-0.15, -0.1) is 0 Å². The van der Waals surface area contributed by atoms with Crippen LogP contribution in [0.1, 0.15) is 11.1 Å². The van der Waals surface area contributed by atoms with Crippen LogP contribution < -0.4 is 14.8 Å². The second-order valence-electron chi connectivity index (χ2n) is 5.52. The first-order chi connectivity index (χ1) is 12.5. The molecule has 0 aliphatic carbocycles. The number of carbonyl (C=O) groups excluding carboxylic acids is 1. The van der Waals surface area contributed by atoms with E-state index in [1.54, 1.807) is 32.4 Å². The summed E-state index contributed by atoms with van der Waals surface area (Å²) in [7, 11) is 3.17. The lowest BCUT2D eigenvalue weighted by Gasteiger charge is -2.07. The normalized spacial score (nSPS) is 16.8. The second kappa shape index (κ2) is 7.85. The first kappa shape index (κ1) is 18.4. The van der Waals surface area contributed by atoms with E-state index >= 15 is 0 Å². The lowest BCUT2D eigenvalue weighted by Crippen LogP contribution is -2.19. The van der Waals surface area contributed by atoms with E-state index in [2.05, 4.69) is 10.3 Å². The highest BCUT2D eigenvalue weighted by Gasteiger charge is 2.24. The number of nitrogens with one attached hydrogen (secondary N) is 1. The van der Waals surface area contributed by atoms with Crippen molar-refractivity contribution in [3.8, 4) is 11.5 Å². The van der Waals surface area contributed by atoms with Gasteiger partial charge in [-0.2, -0.15) is 0 Å². The van der Waals surface area contributed by atoms with Gasteiger partial charge in [0, 0.05) is 16.7 Å². The summed E-state index contributed by atoms with van der Waals surface area (Å²) < 4.78 is 10.6. The molecule has 0 atom stereocenters. The monoisotopic (exact) mass is 388 g/mol. The summed E-state index contributed by atoms with van der Waals surface area (Å²) in [6, 6.07) is 10.9. The average molecular weight is 389 g/mol. The smallest absolute Gasteiger partial charge is 0.264 e. The Morgan fingerprint density at radius 1 is 1.15 bits per heavy atom. The molecule has 0 radical (unpaired) electrons. The van der Waals surface area contributed by atoms with Gasteiger partial charge in [0.2, 0.25) is 0 Å². The zero-order chi connectivity index (χ0) is 18.7. The molecule has 1 aliphatic rings. The first-order valence-corrected chi connectivity index (χ1v) is 8.97. The summed E-state index contributed by atoms with van der Waals surface area (Å²) in [6.45, 7) is 1.93. The zero-order valence-corrected chi connectivity index (χ0v) is 16.1. The van der Waals surface area contributed by atoms with Crippen molar-refractivity contribution in [2.24, 2.45) is 4.99 Å². The van der Waals surface area contributed by atoms with Crippen molar-refractivity contribution < 1.29 is 14.3 Å². The van der Waals surface area contributed by atoms with Crippen LogP contribution in [0, 0.1) is 6.92 Å². The Morgan fingerprint density at radius 3 is 2.65 bits per heavy atom. The third kappa shape index (κ3) is 4.03. The van der Waals surface area contributed by atoms with Crippen LogP contribution in [0.5, 0.6) is 11.5 Å². The highest BCUT2D eigenvalue weighted by Crippen LogP contribution is 2.32. The number of halogens is 1. The molecule has 1 saturated heterocycles. The predicted octanol–water partition coefficient (Wildman–Crippen LogP) is 4.56. The quantitative estimate of drug-likeness (QED) is 0.780. The van der Waals surface area contributed by atoms with Gasteiger partial charge in [-0.1, -0.05) is 17.7 Å². The molecule has 1 aliphatic heterocycles. The Labute approximate surface area is 161 Å². The molecular weight excluding hydrogens is 372 g/mol. The van der Waals surface area contributed by atoms with Crippen LogP contribution in [0.4, 0.5) is 5.69 Å². The van der Waals surface area contributed by atoms with E-state index in [1.165, 1.54) is 11.8 Å². The Morgan fingerprint density at radius 2 is 1.96 bits per heavy atom. The number of nitrogens with zero attached hydrogens (tertiary/aromatic N) is 1. The van der Waals surface area contributed by atoms with Crippen LogP contribution in [-0.2, 0) is 4.79 Å². The van der Waals surface area contributed by atoms with Gasteiger partial charge in [0.15, 0.2) is 5.17 Å². The number of thioether (sulfide) groups is 1. The highest BCUT2D eigenvalue weighted by molar-refractivity contribution is 8.18. The molecule has 0 bridgehead atoms. The fourth-order valence-corrected chi connectivity index (χ4v) is 3.34. The van der Waals surface area contributed by atoms with E-state index in [-0.39, 0.29) is 5.91 Å². The van der Waals surface area contributed by atoms with E-state index < -0.39 is 0 Å². The number of hydrogen-bond acceptors (Lipinski definition) is 5. The topological polar surface area (TPSA) is 59.9 Å². The number of amidine groups is 1. The van der Waals surface area contributed by atoms with Crippen molar-refractivity contribution in [1.82, 2.24) is 5.32 Å². The van der Waals surface area contributed by atoms with E-state index in [0.717, 1.165) is 11.1 Å². The van der Waals surface area contributed by atoms with Gasteiger partial charge in [-0.05, 0) is 54.6 Å². The summed E-state index contributed by atoms with van der Waals surface area (Å²) in [5, 5.41) is 3.91. The molecule has 0 spiro atoms. The maximum absolute atomic E-state index is 12.3. The van der Waals surface area contributed by atoms with Gasteiger partial charge in [-0.25, -0.2) is 4.99 Å². The van der Waals surface area contributed by atoms with Gasteiger partial charge in [0.1, 0.15) is 11.5 Å². The summed E-state index contributed by atoms with van der Waals surface area (Å²) in [4.78, 5) is 17.2. The number of hydrogen-bond donors (Lipinski definition) is 1. The fourth-order valence-electron chi connectivity index (χ4n) is 2.33. The molecule has 5 nitrogen and oxygen atoms in total. The van der Waals surface area contributed by atoms with Crippen LogP contribution in [0.2, 0.25) is 5.02 Å². The Balaban J connectivity index is 1.86. The van der Waals surface area contributed by atoms with Crippen LogP contribution in [-0.4, -0.2) is 25.3 Å². The van der Waals surface area contributed by atoms with Crippen LogP contribution >= 0.6 is 23.4 Å². The molecule has 1 N–H and O–H groups in total. The molecule has 1 heterocycles. The van der Waals surface area contributed by atoms with E-state index in [9.17, 15) is 4.79 Å². The van der Waals surface area contributed by atoms with Crippen molar-refractivity contribution >= 4 is 46.2 Å². The lowest BCUT2D eigenvalue weighted by atomic mass is 10.1. The van der Waals surface area contributed by atoms with Crippen molar-refractivity contribution in [3.63, 3.8) is 0 Å². The molecule has 134 valence electrons. The Kier molecular flexibility index (Phi) is 5.54. The number of amides is 1. The van der Waals surface area contributed by atoms with Crippen molar-refractivity contribution in [3.05, 3.63) is 57.5 Å². The number of methoxy groups -OCH3 is 2. The molecule has 2 aromatic rings. The Hall–Kier alpha value is -2.44. The minimum atomic E-state index is -0.204. The maximum Gasteiger partial charge on any atom is 0.264 e. The predicted molar refractivity (Wildman–Crippen MR) is 107 cm³/mol. The van der Waals surface area contributed by atoms with E-state index in [0.29, 0.717) is 32.3 Å². The number of aliphatic imine (C=N–C) groups is 1. The molecule has 3 rings (SSSR count). The minimum Gasteiger partial charge on any atom is -0.497 e. The van der Waals surface area contributed by atoms with Crippen molar-refractivity contribution in [2.45, 2.75) is 6.92 Å². The molecular formula is C19H17ClN2O3S. The molecule has 1 amide bonds. The molecule has 7 heteroatoms. The summed E-state index contributed by atoms with van der Waals surface area (Å²) in [5.74, 6) is 1.11. The lowest BCUT2D eigenvalue weighted by molar-refractivity contribution is -0.115. The number of rotatable bonds is 4. The van der Waals surface area contributed by atoms with Crippen LogP contribution in [0.3, 0.4) is 0 Å². The third-order valence-electron chi connectivity index (χ3n) is 3.76. The largest absolute Gasteiger partial charge is 0.497 e. The number of carbonyl (C=O) groups is 1. The van der Waals surface area contributed by atoms with E-state index in [4.69, 9.17) is 21.1 Å². The van der Waals surface area contributed by atoms with Gasteiger partial charge < -0.3 is 14.8 Å². The van der Waals surface area contributed by atoms with Crippen molar-refractivity contribution in [1.29, 1.82) is 0 Å². The van der Waals surface area contributed by atoms with Crippen LogP contribution in [0.15, 0.2) is 46.3 Å². The Bertz CT molecular complexity index is 925. The average Bonchev–Trinajstić information content (AvgIpc) is 2.97. The minimum absolute atomic E-state index is 0.204. The fraction of sp³-hybridized carbons (Fsp3) is 0.158. The molecule has 1 fully saturated rings. The maximum atomic E-state index is 12.3. The molecule has 0 unspecified atom stereocenters. The standard InChI is InChI=1S/C19H17ClN2O3S/c1-11-4-6-13(9-15(11)20)21-19-22-18(23)17(26-19)8-12-5-7-14(24-2)10-16(12)25-3/h4-10H,1-3H3,(H,21,22,23)/b17-8-. The second-order valence-corrected chi connectivity index (χ2v) is 6.96. The van der Waals surface area contributed by atoms with Crippen molar-refractivity contribution in [2.75, 3.05) is 14.2 Å². The zero-order valence-electron chi connectivity index (χ0n) is 14.5. The third-order valence-corrected chi connectivity index (χ3v) is 5.08. The summed E-state index contributed by atoms with van der Waals surface area (Å²) >= 11 is 7.39. The molecule has 0 saturated carbocycles. The van der Waals surface area contributed by atoms with Gasteiger partial charge in [-0.3, -0.25) is 4.79 Å². The number of benzene rings is 2. The SMILES string of the molecule is COc1ccc(/C=C2\SC(=Nc3ccc(C)c(Cl)c3)NC2=O)c(OC)c1. The molecule has 26 heavy (non-hydrogen) atoms. The first-order valence-electron chi connectivity index (χ1n) is 7.78. The summed E-state index contributed by atoms with van der Waals surface area (Å²) in [6.07, 6.45) is 1.77. The number of ether oxygens (including phenoxy) is 2. The van der Waals surface area contributed by atoms with Gasteiger partial charge in [0.05, 0.1) is 24.8 Å². The molecule has 0 aromatic heterocycles. The van der Waals surface area contributed by atoms with E-state index in [1.807, 2.05) is 31.2 Å². The van der Waals surface area contributed by atoms with Crippen LogP contribution in [0.25, 0.3) is 6.08 Å². The number of aryl methyl sites for hydroxylation is 1. The van der Waals surface area contributed by atoms with Gasteiger partial charge in [0.25, 0.3) is 5.91 Å². The highest BCUT2D eigenvalue weighted by atomic mass is 35.5.